The summed E-state index contributed by atoms with van der Waals surface area (Å²) >= 11 is 0. The number of phenols is 1. The van der Waals surface area contributed by atoms with Gasteiger partial charge in [-0.3, -0.25) is 0 Å². The van der Waals surface area contributed by atoms with E-state index < -0.39 is 17.7 Å². The van der Waals surface area contributed by atoms with Crippen molar-refractivity contribution in [2.24, 2.45) is 11.8 Å². The third kappa shape index (κ3) is 3.55. The molecule has 0 spiro atoms. The predicted molar refractivity (Wildman–Crippen MR) is 107 cm³/mol. The molecule has 2 N–H and O–H groups in total. The van der Waals surface area contributed by atoms with Gasteiger partial charge in [0.15, 0.2) is 11.5 Å². The number of esters is 1. The molecule has 5 nitrogen and oxygen atoms in total. The van der Waals surface area contributed by atoms with Gasteiger partial charge in [0.2, 0.25) is 0 Å². The first-order chi connectivity index (χ1) is 13.2. The second-order valence-electron chi connectivity index (χ2n) is 8.40. The van der Waals surface area contributed by atoms with E-state index in [0.717, 1.165) is 12.0 Å². The fourth-order valence-corrected chi connectivity index (χ4v) is 4.55. The second kappa shape index (κ2) is 7.63. The number of aliphatic hydroxyl groups is 1. The van der Waals surface area contributed by atoms with Crippen molar-refractivity contribution in [3.63, 3.8) is 0 Å². The molecule has 2 aliphatic carbocycles. The van der Waals surface area contributed by atoms with Gasteiger partial charge < -0.3 is 19.7 Å². The third-order valence-corrected chi connectivity index (χ3v) is 6.25. The van der Waals surface area contributed by atoms with Crippen LogP contribution in [0, 0.1) is 11.8 Å². The van der Waals surface area contributed by atoms with Crippen molar-refractivity contribution in [3.05, 3.63) is 46.6 Å². The second-order valence-corrected chi connectivity index (χ2v) is 8.40. The number of benzene rings is 1. The van der Waals surface area contributed by atoms with Gasteiger partial charge in [-0.2, -0.15) is 0 Å². The monoisotopic (exact) mass is 386 g/mol. The number of aromatic hydroxyl groups is 1. The lowest BCUT2D eigenvalue weighted by Gasteiger charge is -2.39. The first-order valence-corrected chi connectivity index (χ1v) is 9.82. The largest absolute Gasteiger partial charge is 0.504 e. The molecule has 5 heteroatoms. The third-order valence-electron chi connectivity index (χ3n) is 6.25. The maximum Gasteiger partial charge on any atom is 0.338 e. The summed E-state index contributed by atoms with van der Waals surface area (Å²) in [4.78, 5) is 12.9. The van der Waals surface area contributed by atoms with Crippen molar-refractivity contribution in [2.45, 2.75) is 58.7 Å². The van der Waals surface area contributed by atoms with Crippen molar-refractivity contribution in [1.29, 1.82) is 0 Å². The molecule has 0 saturated carbocycles. The zero-order chi connectivity index (χ0) is 20.6. The molecule has 0 aromatic heterocycles. The highest BCUT2D eigenvalue weighted by Crippen LogP contribution is 2.50. The van der Waals surface area contributed by atoms with E-state index in [4.69, 9.17) is 9.47 Å². The van der Waals surface area contributed by atoms with Gasteiger partial charge in [0.25, 0.3) is 0 Å². The van der Waals surface area contributed by atoms with Crippen LogP contribution >= 0.6 is 0 Å². The fraction of sp³-hybridized carbons (Fsp3) is 0.522. The number of methoxy groups -OCH3 is 1. The number of rotatable bonds is 4. The standard InChI is InChI=1S/C23H30O5/c1-13(2)23(26)12-15(4)17-8-6-14(3)10-20(21(17)23)28-22(25)16-7-9-18(24)19(11-16)27-5/h6-7,9,11,13,20-21,24,26H,8,10,12H2,1-5H3/t20-,21-,23+/m0/s1. The van der Waals surface area contributed by atoms with E-state index in [0.29, 0.717) is 18.4 Å². The van der Waals surface area contributed by atoms with Crippen molar-refractivity contribution in [2.75, 3.05) is 7.11 Å². The molecule has 0 fully saturated rings. The van der Waals surface area contributed by atoms with Gasteiger partial charge in [-0.05, 0) is 50.8 Å². The molecular formula is C23H30O5. The van der Waals surface area contributed by atoms with Gasteiger partial charge >= 0.3 is 5.97 Å². The molecule has 3 atom stereocenters. The Morgan fingerprint density at radius 2 is 2.00 bits per heavy atom. The van der Waals surface area contributed by atoms with E-state index in [2.05, 4.69) is 13.0 Å². The molecule has 2 aliphatic rings. The number of fused-ring (bicyclic) bond motifs is 1. The first-order valence-electron chi connectivity index (χ1n) is 9.82. The molecule has 0 amide bonds. The van der Waals surface area contributed by atoms with Crippen LogP contribution in [0.2, 0.25) is 0 Å². The average molecular weight is 386 g/mol. The smallest absolute Gasteiger partial charge is 0.338 e. The normalized spacial score (nSPS) is 27.3. The van der Waals surface area contributed by atoms with Crippen LogP contribution in [0.5, 0.6) is 11.5 Å². The number of phenolic OH excluding ortho intramolecular Hbond substituents is 1. The van der Waals surface area contributed by atoms with Gasteiger partial charge in [-0.1, -0.05) is 36.6 Å². The Balaban J connectivity index is 1.94. The molecule has 0 saturated heterocycles. The number of hydrogen-bond acceptors (Lipinski definition) is 5. The molecule has 0 heterocycles. The molecule has 1 aromatic carbocycles. The summed E-state index contributed by atoms with van der Waals surface area (Å²) in [5.41, 5.74) is 2.93. The molecule has 0 radical (unpaired) electrons. The van der Waals surface area contributed by atoms with Crippen LogP contribution in [0.4, 0.5) is 0 Å². The molecule has 3 rings (SSSR count). The SMILES string of the molecule is COc1cc(C(=O)O[C@H]2CC(C)=CCC3=C(C)C[C@@](O)(C(C)C)[C@@H]32)ccc1O. The number of hydrogen-bond donors (Lipinski definition) is 2. The molecule has 0 unspecified atom stereocenters. The summed E-state index contributed by atoms with van der Waals surface area (Å²) in [7, 11) is 1.44. The van der Waals surface area contributed by atoms with Crippen molar-refractivity contribution < 1.29 is 24.5 Å². The van der Waals surface area contributed by atoms with Crippen LogP contribution in [0.25, 0.3) is 0 Å². The number of ether oxygens (including phenoxy) is 2. The predicted octanol–water partition coefficient (Wildman–Crippen LogP) is 4.39. The summed E-state index contributed by atoms with van der Waals surface area (Å²) in [5, 5.41) is 21.3. The van der Waals surface area contributed by atoms with Gasteiger partial charge in [0.05, 0.1) is 18.3 Å². The van der Waals surface area contributed by atoms with E-state index in [9.17, 15) is 15.0 Å². The summed E-state index contributed by atoms with van der Waals surface area (Å²) in [6, 6.07) is 4.41. The minimum Gasteiger partial charge on any atom is -0.504 e. The van der Waals surface area contributed by atoms with E-state index >= 15 is 0 Å². The lowest BCUT2D eigenvalue weighted by Crippen LogP contribution is -2.47. The fourth-order valence-electron chi connectivity index (χ4n) is 4.55. The van der Waals surface area contributed by atoms with E-state index in [-0.39, 0.29) is 23.3 Å². The maximum atomic E-state index is 12.9. The maximum absolute atomic E-state index is 12.9. The molecule has 0 aliphatic heterocycles. The van der Waals surface area contributed by atoms with Crippen LogP contribution in [0.15, 0.2) is 41.0 Å². The number of carbonyl (C=O) groups excluding carboxylic acids is 1. The lowest BCUT2D eigenvalue weighted by atomic mass is 9.74. The van der Waals surface area contributed by atoms with Crippen LogP contribution < -0.4 is 4.74 Å². The zero-order valence-corrected chi connectivity index (χ0v) is 17.3. The highest BCUT2D eigenvalue weighted by atomic mass is 16.5. The summed E-state index contributed by atoms with van der Waals surface area (Å²) in [5.74, 6) is -0.462. The lowest BCUT2D eigenvalue weighted by molar-refractivity contribution is -0.0812. The Hall–Kier alpha value is -2.27. The topological polar surface area (TPSA) is 76.0 Å². The molecule has 152 valence electrons. The van der Waals surface area contributed by atoms with Crippen molar-refractivity contribution in [3.8, 4) is 11.5 Å². The number of carbonyl (C=O) groups is 1. The van der Waals surface area contributed by atoms with Crippen LogP contribution in [-0.4, -0.2) is 35.0 Å². The Bertz CT molecular complexity index is 835. The molecule has 0 bridgehead atoms. The van der Waals surface area contributed by atoms with Gasteiger partial charge in [-0.25, -0.2) is 4.79 Å². The van der Waals surface area contributed by atoms with Crippen LogP contribution in [0.1, 0.15) is 57.3 Å². The Morgan fingerprint density at radius 1 is 1.29 bits per heavy atom. The van der Waals surface area contributed by atoms with Gasteiger partial charge in [0.1, 0.15) is 6.10 Å². The molecule has 1 aromatic rings. The summed E-state index contributed by atoms with van der Waals surface area (Å²) in [6.45, 7) is 8.15. The summed E-state index contributed by atoms with van der Waals surface area (Å²) < 4.78 is 11.1. The Labute approximate surface area is 166 Å². The minimum atomic E-state index is -0.921. The first kappa shape index (κ1) is 20.5. The molecule has 28 heavy (non-hydrogen) atoms. The van der Waals surface area contributed by atoms with E-state index in [1.165, 1.54) is 36.5 Å². The number of allylic oxidation sites excluding steroid dienone is 1. The molecular weight excluding hydrogens is 356 g/mol. The van der Waals surface area contributed by atoms with Gasteiger partial charge in [0, 0.05) is 12.3 Å². The average Bonchev–Trinajstić information content (AvgIpc) is 2.78. The summed E-state index contributed by atoms with van der Waals surface area (Å²) in [6.07, 6.45) is 3.73. The highest BCUT2D eigenvalue weighted by Gasteiger charge is 2.52. The van der Waals surface area contributed by atoms with Crippen LogP contribution in [-0.2, 0) is 4.74 Å². The zero-order valence-electron chi connectivity index (χ0n) is 17.3. The Kier molecular flexibility index (Phi) is 5.57. The quantitative estimate of drug-likeness (QED) is 0.593. The Morgan fingerprint density at radius 3 is 2.64 bits per heavy atom. The van der Waals surface area contributed by atoms with Gasteiger partial charge in [-0.15, -0.1) is 0 Å². The van der Waals surface area contributed by atoms with Crippen molar-refractivity contribution >= 4 is 5.97 Å². The van der Waals surface area contributed by atoms with E-state index in [1.807, 2.05) is 20.8 Å². The van der Waals surface area contributed by atoms with Crippen molar-refractivity contribution in [1.82, 2.24) is 0 Å². The highest BCUT2D eigenvalue weighted by molar-refractivity contribution is 5.90. The minimum absolute atomic E-state index is 0.0295. The van der Waals surface area contributed by atoms with Crippen LogP contribution in [0.3, 0.4) is 0 Å². The van der Waals surface area contributed by atoms with E-state index in [1.54, 1.807) is 0 Å².